The van der Waals surface area contributed by atoms with E-state index in [1.54, 1.807) is 13.0 Å². The molecule has 1 atom stereocenters. The summed E-state index contributed by atoms with van der Waals surface area (Å²) in [5, 5.41) is 12.4. The summed E-state index contributed by atoms with van der Waals surface area (Å²) in [5.41, 5.74) is 6.37. The number of nitrogens with one attached hydrogen (secondary N) is 3. The van der Waals surface area contributed by atoms with Gasteiger partial charge in [0.2, 0.25) is 6.41 Å². The van der Waals surface area contributed by atoms with Crippen LogP contribution in [0.2, 0.25) is 0 Å². The smallest absolute Gasteiger partial charge is 0.269 e. The number of hydrogen-bond acceptors (Lipinski definition) is 8. The molecule has 0 radical (unpaired) electrons. The third-order valence-electron chi connectivity index (χ3n) is 8.08. The molecule has 3 rings (SSSR count). The van der Waals surface area contributed by atoms with Crippen molar-refractivity contribution in [3.05, 3.63) is 40.5 Å². The maximum Gasteiger partial charge on any atom is 0.269 e. The number of hydrogen-bond donors (Lipinski definition) is 4. The number of anilines is 1. The molecular weight excluding hydrogens is 515 g/mol. The van der Waals surface area contributed by atoms with Crippen molar-refractivity contribution in [1.29, 1.82) is 5.41 Å². The van der Waals surface area contributed by atoms with E-state index in [2.05, 4.69) is 15.5 Å². The lowest BCUT2D eigenvalue weighted by atomic mass is 9.90. The molecule has 0 spiro atoms. The molecule has 2 saturated heterocycles. The second kappa shape index (κ2) is 14.2. The molecule has 0 aromatic heterocycles. The minimum Gasteiger partial charge on any atom is -0.393 e. The fourth-order valence-corrected chi connectivity index (χ4v) is 5.38. The molecule has 0 saturated carbocycles. The lowest BCUT2D eigenvalue weighted by molar-refractivity contribution is -0.118. The molecule has 2 aliphatic rings. The number of benzene rings is 1. The highest BCUT2D eigenvalue weighted by atomic mass is 19.1. The Morgan fingerprint density at radius 2 is 1.77 bits per heavy atom. The number of piperidine rings is 2. The summed E-state index contributed by atoms with van der Waals surface area (Å²) in [7, 11) is 0. The Kier molecular flexibility index (Phi) is 10.9. The van der Waals surface area contributed by atoms with E-state index in [0.29, 0.717) is 37.5 Å². The molecule has 40 heavy (non-hydrogen) atoms. The zero-order valence-electron chi connectivity index (χ0n) is 23.6. The van der Waals surface area contributed by atoms with Crippen LogP contribution in [0.25, 0.3) is 0 Å². The molecule has 0 aliphatic carbocycles. The number of allylic oxidation sites excluding steroid dienone is 1. The average molecular weight is 557 g/mol. The van der Waals surface area contributed by atoms with Crippen LogP contribution in [0.15, 0.2) is 23.5 Å². The first-order valence-corrected chi connectivity index (χ1v) is 14.0. The molecule has 1 unspecified atom stereocenters. The Morgan fingerprint density at radius 3 is 2.33 bits per heavy atom. The summed E-state index contributed by atoms with van der Waals surface area (Å²) >= 11 is 0. The van der Waals surface area contributed by atoms with Gasteiger partial charge in [0.05, 0.1) is 11.4 Å². The van der Waals surface area contributed by atoms with Gasteiger partial charge in [0.1, 0.15) is 11.5 Å². The van der Waals surface area contributed by atoms with Crippen LogP contribution in [-0.4, -0.2) is 73.8 Å². The Morgan fingerprint density at radius 1 is 1.12 bits per heavy atom. The van der Waals surface area contributed by atoms with Crippen molar-refractivity contribution in [2.24, 2.45) is 17.6 Å². The van der Waals surface area contributed by atoms with Crippen LogP contribution in [0.3, 0.4) is 0 Å². The Hall–Kier alpha value is -3.60. The van der Waals surface area contributed by atoms with Gasteiger partial charge in [-0.3, -0.25) is 19.2 Å². The van der Waals surface area contributed by atoms with Crippen molar-refractivity contribution in [3.8, 4) is 0 Å². The van der Waals surface area contributed by atoms with E-state index in [-0.39, 0.29) is 46.0 Å². The maximum absolute atomic E-state index is 15.2. The lowest BCUT2D eigenvalue weighted by Crippen LogP contribution is -2.48. The van der Waals surface area contributed by atoms with Crippen molar-refractivity contribution < 1.29 is 23.6 Å². The molecule has 5 N–H and O–H groups in total. The van der Waals surface area contributed by atoms with Crippen molar-refractivity contribution in [2.45, 2.75) is 58.9 Å². The Bertz CT molecular complexity index is 1150. The highest BCUT2D eigenvalue weighted by Crippen LogP contribution is 2.30. The second-order valence-corrected chi connectivity index (χ2v) is 10.8. The number of amides is 2. The zero-order valence-corrected chi connectivity index (χ0v) is 23.6. The van der Waals surface area contributed by atoms with Gasteiger partial charge in [0.25, 0.3) is 5.91 Å². The minimum atomic E-state index is -0.504. The third-order valence-corrected chi connectivity index (χ3v) is 8.08. The second-order valence-electron chi connectivity index (χ2n) is 10.8. The number of likely N-dealkylation sites (tertiary alicyclic amines) is 1. The number of ketones is 2. The SMILES string of the molecule is CCC(C)C(=O)c1cc(F)c(N2CCC(CN3CCC(NC(=O)/C(N)=C(/C=N)NC=O)CC3)CC2)cc1C(C)=O. The van der Waals surface area contributed by atoms with Crippen molar-refractivity contribution in [1.82, 2.24) is 15.5 Å². The first kappa shape index (κ1) is 30.9. The van der Waals surface area contributed by atoms with Crippen LogP contribution in [0.1, 0.15) is 73.6 Å². The maximum atomic E-state index is 15.2. The van der Waals surface area contributed by atoms with Crippen molar-refractivity contribution >= 4 is 35.8 Å². The molecule has 1 aromatic rings. The topological polar surface area (TPSA) is 149 Å². The molecule has 218 valence electrons. The molecular formula is C29H41FN6O4. The number of Topliss-reactive ketones (excluding diaryl/α,β-unsaturated/α-hetero) is 2. The molecule has 2 amide bonds. The van der Waals surface area contributed by atoms with Crippen molar-refractivity contribution in [2.75, 3.05) is 37.6 Å². The summed E-state index contributed by atoms with van der Waals surface area (Å²) in [6.07, 6.45) is 5.12. The number of carbonyl (C=O) groups excluding carboxylic acids is 4. The number of nitrogens with zero attached hydrogens (tertiary/aromatic N) is 2. The van der Waals surface area contributed by atoms with E-state index in [1.165, 1.54) is 13.0 Å². The Labute approximate surface area is 235 Å². The number of halogens is 1. The average Bonchev–Trinajstić information content (AvgIpc) is 2.95. The fourth-order valence-electron chi connectivity index (χ4n) is 5.38. The highest BCUT2D eigenvalue weighted by Gasteiger charge is 2.28. The zero-order chi connectivity index (χ0) is 29.4. The summed E-state index contributed by atoms with van der Waals surface area (Å²) in [4.78, 5) is 52.4. The summed E-state index contributed by atoms with van der Waals surface area (Å²) < 4.78 is 15.2. The van der Waals surface area contributed by atoms with Gasteiger partial charge < -0.3 is 31.6 Å². The van der Waals surface area contributed by atoms with Crippen LogP contribution in [-0.2, 0) is 9.59 Å². The molecule has 10 nitrogen and oxygen atoms in total. The standard InChI is InChI=1S/C29H41FN6O4/c1-4-18(2)28(39)23-13-24(30)26(14-22(23)19(3)38)36-11-5-20(6-12-36)16-35-9-7-21(8-10-35)34-29(40)27(32)25(15-31)33-17-37/h13-15,17-18,20-21,31H,4-12,16,32H2,1-3H3,(H,33,37)(H,34,40)/b27-25+,31-15?. The fraction of sp³-hybridized carbons (Fsp3) is 0.552. The summed E-state index contributed by atoms with van der Waals surface area (Å²) in [6, 6.07) is 2.75. The minimum absolute atomic E-state index is 0.0378. The van der Waals surface area contributed by atoms with E-state index in [0.717, 1.165) is 51.5 Å². The quantitative estimate of drug-likeness (QED) is 0.134. The Balaban J connectivity index is 1.53. The third kappa shape index (κ3) is 7.53. The molecule has 11 heteroatoms. The number of nitrogens with two attached hydrogens (primary N) is 1. The lowest BCUT2D eigenvalue weighted by Gasteiger charge is -2.38. The van der Waals surface area contributed by atoms with E-state index in [1.807, 2.05) is 11.8 Å². The van der Waals surface area contributed by atoms with Gasteiger partial charge in [-0.1, -0.05) is 13.8 Å². The van der Waals surface area contributed by atoms with Crippen LogP contribution in [0, 0.1) is 23.1 Å². The van der Waals surface area contributed by atoms with Gasteiger partial charge in [0.15, 0.2) is 11.6 Å². The molecule has 1 aromatic carbocycles. The van der Waals surface area contributed by atoms with Gasteiger partial charge in [0, 0.05) is 62.0 Å². The molecule has 2 aliphatic heterocycles. The number of carbonyl (C=O) groups is 4. The van der Waals surface area contributed by atoms with Crippen LogP contribution >= 0.6 is 0 Å². The highest BCUT2D eigenvalue weighted by molar-refractivity contribution is 6.09. The predicted octanol–water partition coefficient (Wildman–Crippen LogP) is 2.62. The summed E-state index contributed by atoms with van der Waals surface area (Å²) in [6.45, 7) is 8.99. The molecule has 0 bridgehead atoms. The van der Waals surface area contributed by atoms with Gasteiger partial charge >= 0.3 is 0 Å². The van der Waals surface area contributed by atoms with E-state index in [4.69, 9.17) is 11.1 Å². The first-order chi connectivity index (χ1) is 19.1. The van der Waals surface area contributed by atoms with Gasteiger partial charge in [-0.15, -0.1) is 0 Å². The predicted molar refractivity (Wildman–Crippen MR) is 152 cm³/mol. The van der Waals surface area contributed by atoms with Crippen molar-refractivity contribution in [3.63, 3.8) is 0 Å². The molecule has 2 fully saturated rings. The van der Waals surface area contributed by atoms with Crippen LogP contribution in [0.4, 0.5) is 10.1 Å². The van der Waals surface area contributed by atoms with E-state index in [9.17, 15) is 19.2 Å². The van der Waals surface area contributed by atoms with Gasteiger partial charge in [-0.05, 0) is 57.1 Å². The van der Waals surface area contributed by atoms with E-state index < -0.39 is 11.7 Å². The summed E-state index contributed by atoms with van der Waals surface area (Å²) in [5.74, 6) is -1.24. The van der Waals surface area contributed by atoms with Crippen LogP contribution < -0.4 is 21.3 Å². The van der Waals surface area contributed by atoms with Gasteiger partial charge in [-0.2, -0.15) is 0 Å². The monoisotopic (exact) mass is 556 g/mol. The molecule has 2 heterocycles. The van der Waals surface area contributed by atoms with Crippen LogP contribution in [0.5, 0.6) is 0 Å². The normalized spacial score (nSPS) is 18.4. The largest absolute Gasteiger partial charge is 0.393 e. The van der Waals surface area contributed by atoms with E-state index >= 15 is 4.39 Å². The van der Waals surface area contributed by atoms with Gasteiger partial charge in [-0.25, -0.2) is 4.39 Å². The number of rotatable bonds is 12. The first-order valence-electron chi connectivity index (χ1n) is 14.0.